The molecule has 0 radical (unpaired) electrons. The molecule has 2 aliphatic heterocycles. The maximum absolute atomic E-state index is 14.7. The number of halogens is 7. The largest absolute Gasteiger partial charge is 0.495 e. The van der Waals surface area contributed by atoms with Crippen LogP contribution < -0.4 is 10.1 Å². The summed E-state index contributed by atoms with van der Waals surface area (Å²) in [5.41, 5.74) is -1.82. The lowest BCUT2D eigenvalue weighted by molar-refractivity contribution is -0.155. The van der Waals surface area contributed by atoms with Crippen LogP contribution in [-0.2, 0) is 22.6 Å². The number of nitrogens with one attached hydrogen (secondary N) is 1. The minimum absolute atomic E-state index is 0.0278. The zero-order chi connectivity index (χ0) is 39.7. The molecule has 4 aromatic rings. The Labute approximate surface area is 314 Å². The average Bonchev–Trinajstić information content (AvgIpc) is 3.16. The van der Waals surface area contributed by atoms with Crippen LogP contribution in [-0.4, -0.2) is 86.5 Å². The molecule has 55 heavy (non-hydrogen) atoms. The summed E-state index contributed by atoms with van der Waals surface area (Å²) in [6, 6.07) is 11.0. The standard InChI is InChI=1S/C39H41F7N4O4S/c1-3-55(52,53)33-21-29-31(22-32(33)54-2)47-35(25-10-7-11-26(20-25)38(41,42)43)30(23-49-16-14-28(15-17-49)50-18-12-27(40)13-19-50)34(29)37(51)48-36(39(44,45)46)24-8-5-4-6-9-24/h4-11,20-22,27-28,36H,3,12-19,23H2,1-2H3,(H,48,51)/t36-/m1/s1. The van der Waals surface area contributed by atoms with E-state index >= 15 is 0 Å². The highest BCUT2D eigenvalue weighted by Gasteiger charge is 2.43. The third-order valence-corrected chi connectivity index (χ3v) is 12.2. The number of piperidine rings is 2. The molecule has 0 unspecified atom stereocenters. The molecule has 0 aliphatic carbocycles. The van der Waals surface area contributed by atoms with Crippen molar-refractivity contribution in [3.63, 3.8) is 0 Å². The molecule has 2 fully saturated rings. The highest BCUT2D eigenvalue weighted by Crippen LogP contribution is 2.40. The van der Waals surface area contributed by atoms with Gasteiger partial charge in [-0.2, -0.15) is 26.3 Å². The fourth-order valence-corrected chi connectivity index (χ4v) is 8.52. The number of ether oxygens (including phenoxy) is 1. The molecule has 1 N–H and O–H groups in total. The molecule has 16 heteroatoms. The van der Waals surface area contributed by atoms with Crippen LogP contribution in [0.5, 0.6) is 5.75 Å². The van der Waals surface area contributed by atoms with Gasteiger partial charge in [-0.15, -0.1) is 0 Å². The van der Waals surface area contributed by atoms with Crippen LogP contribution in [0.15, 0.2) is 71.6 Å². The molecule has 3 heterocycles. The molecule has 1 atom stereocenters. The van der Waals surface area contributed by atoms with Crippen molar-refractivity contribution in [1.29, 1.82) is 0 Å². The zero-order valence-corrected chi connectivity index (χ0v) is 31.0. The van der Waals surface area contributed by atoms with Gasteiger partial charge in [0.2, 0.25) is 0 Å². The Morgan fingerprint density at radius 1 is 0.927 bits per heavy atom. The van der Waals surface area contributed by atoms with E-state index in [1.54, 1.807) is 0 Å². The van der Waals surface area contributed by atoms with E-state index in [0.717, 1.165) is 18.2 Å². The van der Waals surface area contributed by atoms with E-state index < -0.39 is 45.9 Å². The van der Waals surface area contributed by atoms with Crippen LogP contribution in [0.25, 0.3) is 22.2 Å². The predicted molar refractivity (Wildman–Crippen MR) is 193 cm³/mol. The van der Waals surface area contributed by atoms with Crippen molar-refractivity contribution in [2.24, 2.45) is 0 Å². The quantitative estimate of drug-likeness (QED) is 0.162. The highest BCUT2D eigenvalue weighted by atomic mass is 32.2. The summed E-state index contributed by atoms with van der Waals surface area (Å²) in [6.45, 7) is 3.41. The van der Waals surface area contributed by atoms with Crippen molar-refractivity contribution in [2.75, 3.05) is 39.0 Å². The second-order valence-corrected chi connectivity index (χ2v) is 16.1. The van der Waals surface area contributed by atoms with Gasteiger partial charge in [0.05, 0.1) is 35.2 Å². The molecule has 6 rings (SSSR count). The summed E-state index contributed by atoms with van der Waals surface area (Å²) in [7, 11) is -2.83. The molecule has 296 valence electrons. The molecule has 0 bridgehead atoms. The number of benzene rings is 3. The van der Waals surface area contributed by atoms with Gasteiger partial charge in [-0.3, -0.25) is 9.69 Å². The highest BCUT2D eigenvalue weighted by molar-refractivity contribution is 7.91. The lowest BCUT2D eigenvalue weighted by Gasteiger charge is -2.41. The number of amides is 1. The smallest absolute Gasteiger partial charge is 0.416 e. The Morgan fingerprint density at radius 3 is 2.20 bits per heavy atom. The number of hydrogen-bond donors (Lipinski definition) is 1. The summed E-state index contributed by atoms with van der Waals surface area (Å²) in [5, 5.41) is 2.00. The number of pyridine rings is 1. The monoisotopic (exact) mass is 794 g/mol. The molecule has 2 saturated heterocycles. The number of carbonyl (C=O) groups is 1. The van der Waals surface area contributed by atoms with Gasteiger partial charge in [0.15, 0.2) is 15.9 Å². The SMILES string of the molecule is CCS(=O)(=O)c1cc2c(C(=O)N[C@H](c3ccccc3)C(F)(F)F)c(CN3CCC(N4CCC(F)CC4)CC3)c(-c3cccc(C(F)(F)F)c3)nc2cc1OC. The summed E-state index contributed by atoms with van der Waals surface area (Å²) in [5.74, 6) is -1.76. The Kier molecular flexibility index (Phi) is 11.8. The van der Waals surface area contributed by atoms with Crippen molar-refractivity contribution in [1.82, 2.24) is 20.1 Å². The molecule has 3 aromatic carbocycles. The normalized spacial score (nSPS) is 17.7. The number of sulfone groups is 1. The molecule has 1 amide bonds. The topological polar surface area (TPSA) is 91.8 Å². The minimum Gasteiger partial charge on any atom is -0.495 e. The number of carbonyl (C=O) groups excluding carboxylic acids is 1. The number of rotatable bonds is 10. The molecule has 8 nitrogen and oxygen atoms in total. The second kappa shape index (κ2) is 16.1. The van der Waals surface area contributed by atoms with Gasteiger partial charge in [0.25, 0.3) is 5.91 Å². The lowest BCUT2D eigenvalue weighted by Crippen LogP contribution is -2.48. The van der Waals surface area contributed by atoms with Gasteiger partial charge in [0.1, 0.15) is 16.8 Å². The Hall–Kier alpha value is -4.28. The van der Waals surface area contributed by atoms with Crippen LogP contribution in [0.2, 0.25) is 0 Å². The number of likely N-dealkylation sites (tertiary alicyclic amines) is 2. The van der Waals surface area contributed by atoms with Gasteiger partial charge < -0.3 is 15.0 Å². The number of methoxy groups -OCH3 is 1. The Morgan fingerprint density at radius 2 is 1.60 bits per heavy atom. The third kappa shape index (κ3) is 8.91. The third-order valence-electron chi connectivity index (χ3n) is 10.4. The number of alkyl halides is 7. The average molecular weight is 795 g/mol. The predicted octanol–water partition coefficient (Wildman–Crippen LogP) is 8.15. The van der Waals surface area contributed by atoms with E-state index in [2.05, 4.69) is 10.2 Å². The van der Waals surface area contributed by atoms with Crippen molar-refractivity contribution in [2.45, 2.75) is 74.7 Å². The molecular weight excluding hydrogens is 754 g/mol. The molecule has 0 spiro atoms. The number of aromatic nitrogens is 1. The molecule has 0 saturated carbocycles. The first-order chi connectivity index (χ1) is 26.0. The van der Waals surface area contributed by atoms with Gasteiger partial charge in [-0.25, -0.2) is 17.8 Å². The summed E-state index contributed by atoms with van der Waals surface area (Å²) in [6.07, 6.45) is -8.40. The Balaban J connectivity index is 1.55. The number of hydrogen-bond acceptors (Lipinski definition) is 7. The second-order valence-electron chi connectivity index (χ2n) is 13.9. The number of nitrogens with zero attached hydrogens (tertiary/aromatic N) is 3. The van der Waals surface area contributed by atoms with Crippen molar-refractivity contribution in [3.8, 4) is 17.0 Å². The van der Waals surface area contributed by atoms with Crippen LogP contribution in [0.3, 0.4) is 0 Å². The van der Waals surface area contributed by atoms with Crippen LogP contribution >= 0.6 is 0 Å². The van der Waals surface area contributed by atoms with Crippen LogP contribution in [0.4, 0.5) is 30.7 Å². The van der Waals surface area contributed by atoms with E-state index in [0.29, 0.717) is 51.9 Å². The van der Waals surface area contributed by atoms with Gasteiger partial charge in [-0.1, -0.05) is 49.4 Å². The first-order valence-corrected chi connectivity index (χ1v) is 19.6. The lowest BCUT2D eigenvalue weighted by atomic mass is 9.93. The fourth-order valence-electron chi connectivity index (χ4n) is 7.47. The first kappa shape index (κ1) is 40.4. The summed E-state index contributed by atoms with van der Waals surface area (Å²) in [4.78, 5) is 23.1. The molecule has 1 aromatic heterocycles. The van der Waals surface area contributed by atoms with Crippen LogP contribution in [0, 0.1) is 0 Å². The van der Waals surface area contributed by atoms with Crippen LogP contribution in [0.1, 0.15) is 65.7 Å². The van der Waals surface area contributed by atoms with E-state index in [9.17, 15) is 43.9 Å². The first-order valence-electron chi connectivity index (χ1n) is 18.0. The van der Waals surface area contributed by atoms with E-state index in [4.69, 9.17) is 9.72 Å². The van der Waals surface area contributed by atoms with E-state index in [-0.39, 0.29) is 67.8 Å². The van der Waals surface area contributed by atoms with E-state index in [1.807, 2.05) is 4.90 Å². The van der Waals surface area contributed by atoms with Crippen molar-refractivity contribution < 1.29 is 48.7 Å². The Bertz CT molecular complexity index is 2110. The molecular formula is C39H41F7N4O4S. The van der Waals surface area contributed by atoms with Gasteiger partial charge in [-0.05, 0) is 62.5 Å². The minimum atomic E-state index is -4.97. The van der Waals surface area contributed by atoms with E-state index in [1.165, 1.54) is 62.6 Å². The van der Waals surface area contributed by atoms with Crippen molar-refractivity contribution in [3.05, 3.63) is 89.0 Å². The number of fused-ring (bicyclic) bond motifs is 1. The zero-order valence-electron chi connectivity index (χ0n) is 30.2. The molecule has 2 aliphatic rings. The maximum atomic E-state index is 14.7. The maximum Gasteiger partial charge on any atom is 0.416 e. The van der Waals surface area contributed by atoms with Gasteiger partial charge in [0, 0.05) is 48.3 Å². The summed E-state index contributed by atoms with van der Waals surface area (Å²) < 4.78 is 132. The van der Waals surface area contributed by atoms with Gasteiger partial charge >= 0.3 is 12.4 Å². The summed E-state index contributed by atoms with van der Waals surface area (Å²) >= 11 is 0. The van der Waals surface area contributed by atoms with Crippen molar-refractivity contribution >= 4 is 26.6 Å². The fraction of sp³-hybridized carbons (Fsp3) is 0.436.